The molecule has 1 saturated heterocycles. The molecule has 1 heterocycles. The second kappa shape index (κ2) is 8.64. The minimum absolute atomic E-state index is 0.0439. The molecule has 2 rings (SSSR count). The molecule has 1 amide bonds. The first-order valence-corrected chi connectivity index (χ1v) is 9.33. The molecule has 1 aliphatic heterocycles. The molecule has 0 unspecified atom stereocenters. The summed E-state index contributed by atoms with van der Waals surface area (Å²) in [6, 6.07) is 4.68. The van der Waals surface area contributed by atoms with Crippen LogP contribution in [0.1, 0.15) is 19.4 Å². The molecular weight excluding hydrogens is 412 g/mol. The molecule has 1 N–H and O–H groups in total. The summed E-state index contributed by atoms with van der Waals surface area (Å²) in [5, 5.41) is 20.3. The molecular formula is C17H15ClN2O5S2. The second-order valence-electron chi connectivity index (χ2n) is 5.96. The quantitative estimate of drug-likeness (QED) is 0.317. The highest BCUT2D eigenvalue weighted by molar-refractivity contribution is 8.26. The van der Waals surface area contributed by atoms with Gasteiger partial charge in [0.25, 0.3) is 11.6 Å². The number of carbonyl (C=O) groups excluding carboxylic acids is 1. The lowest BCUT2D eigenvalue weighted by Gasteiger charge is -2.26. The van der Waals surface area contributed by atoms with E-state index in [9.17, 15) is 24.8 Å². The van der Waals surface area contributed by atoms with Crippen molar-refractivity contribution < 1.29 is 19.6 Å². The zero-order chi connectivity index (χ0) is 20.3. The van der Waals surface area contributed by atoms with Gasteiger partial charge in [0.15, 0.2) is 0 Å². The molecule has 0 aliphatic carbocycles. The summed E-state index contributed by atoms with van der Waals surface area (Å²) >= 11 is 12.3. The van der Waals surface area contributed by atoms with Crippen LogP contribution in [0.4, 0.5) is 5.69 Å². The average Bonchev–Trinajstić information content (AvgIpc) is 2.82. The first-order chi connectivity index (χ1) is 12.6. The number of carboxylic acid groups (broad SMARTS) is 1. The van der Waals surface area contributed by atoms with Gasteiger partial charge in [-0.05, 0) is 35.8 Å². The highest BCUT2D eigenvalue weighted by atomic mass is 35.5. The fraction of sp³-hybridized carbons (Fsp3) is 0.235. The topological polar surface area (TPSA) is 101 Å². The molecule has 1 aromatic carbocycles. The normalized spacial score (nSPS) is 17.7. The van der Waals surface area contributed by atoms with E-state index in [0.717, 1.165) is 16.7 Å². The zero-order valence-corrected chi connectivity index (χ0v) is 16.7. The number of carboxylic acids is 1. The van der Waals surface area contributed by atoms with Crippen molar-refractivity contribution in [1.29, 1.82) is 0 Å². The number of hydrogen-bond donors (Lipinski definition) is 1. The Labute approximate surface area is 169 Å². The molecule has 0 saturated carbocycles. The van der Waals surface area contributed by atoms with Crippen molar-refractivity contribution >= 4 is 63.5 Å². The maximum absolute atomic E-state index is 12.6. The third-order valence-corrected chi connectivity index (χ3v) is 5.21. The van der Waals surface area contributed by atoms with E-state index in [-0.39, 0.29) is 25.9 Å². The number of nitro benzene ring substituents is 1. The van der Waals surface area contributed by atoms with E-state index in [4.69, 9.17) is 23.8 Å². The van der Waals surface area contributed by atoms with Crippen molar-refractivity contribution in [3.05, 3.63) is 56.0 Å². The summed E-state index contributed by atoms with van der Waals surface area (Å²) in [6.07, 6.45) is 2.94. The number of carbonyl (C=O) groups is 2. The van der Waals surface area contributed by atoms with Crippen molar-refractivity contribution in [2.75, 3.05) is 0 Å². The highest BCUT2D eigenvalue weighted by Crippen LogP contribution is 2.35. The van der Waals surface area contributed by atoms with Crippen LogP contribution in [0.3, 0.4) is 0 Å². The van der Waals surface area contributed by atoms with E-state index in [2.05, 4.69) is 0 Å². The van der Waals surface area contributed by atoms with E-state index in [1.165, 1.54) is 36.4 Å². The Kier molecular flexibility index (Phi) is 6.74. The van der Waals surface area contributed by atoms with Gasteiger partial charge in [-0.3, -0.25) is 19.8 Å². The first-order valence-electron chi connectivity index (χ1n) is 7.73. The molecule has 0 spiro atoms. The highest BCUT2D eigenvalue weighted by Gasteiger charge is 2.41. The number of thiocarbonyl (C=S) groups is 1. The lowest BCUT2D eigenvalue weighted by molar-refractivity contribution is -0.384. The monoisotopic (exact) mass is 426 g/mol. The number of halogens is 1. The van der Waals surface area contributed by atoms with Crippen LogP contribution in [0.15, 0.2) is 40.3 Å². The summed E-state index contributed by atoms with van der Waals surface area (Å²) in [7, 11) is 0. The molecule has 0 radical (unpaired) electrons. The number of nitrogens with zero attached hydrogens (tertiary/aromatic N) is 2. The molecule has 7 nitrogen and oxygen atoms in total. The van der Waals surface area contributed by atoms with E-state index in [0.29, 0.717) is 5.56 Å². The minimum Gasteiger partial charge on any atom is -0.480 e. The van der Waals surface area contributed by atoms with Crippen LogP contribution in [0.5, 0.6) is 0 Å². The average molecular weight is 427 g/mol. The van der Waals surface area contributed by atoms with Crippen LogP contribution >= 0.6 is 35.6 Å². The number of benzene rings is 1. The largest absolute Gasteiger partial charge is 0.480 e. The van der Waals surface area contributed by atoms with E-state index in [1.54, 1.807) is 13.8 Å². The number of rotatable bonds is 6. The molecule has 10 heteroatoms. The smallest absolute Gasteiger partial charge is 0.327 e. The lowest BCUT2D eigenvalue weighted by Crippen LogP contribution is -2.47. The van der Waals surface area contributed by atoms with Crippen molar-refractivity contribution in [2.45, 2.75) is 19.9 Å². The van der Waals surface area contributed by atoms with Gasteiger partial charge in [0.05, 0.1) is 9.83 Å². The molecule has 0 aromatic heterocycles. The van der Waals surface area contributed by atoms with Crippen LogP contribution in [-0.2, 0) is 9.59 Å². The standard InChI is InChI=1S/C17H15ClN2O5S2/c1-9(2)14(16(22)23)19-15(21)13(27-17(19)26)8-11(18)7-10-3-5-12(6-4-10)20(24)25/h3-9,14H,1-2H3,(H,22,23)/b11-7+,13-8-/t14-/m1/s1. The lowest BCUT2D eigenvalue weighted by atomic mass is 10.0. The van der Waals surface area contributed by atoms with Crippen molar-refractivity contribution in [1.82, 2.24) is 4.90 Å². The van der Waals surface area contributed by atoms with Gasteiger partial charge in [-0.25, -0.2) is 4.79 Å². The number of amides is 1. The van der Waals surface area contributed by atoms with Crippen LogP contribution in [0, 0.1) is 16.0 Å². The Balaban J connectivity index is 2.25. The van der Waals surface area contributed by atoms with Gasteiger partial charge in [-0.15, -0.1) is 0 Å². The predicted molar refractivity (Wildman–Crippen MR) is 108 cm³/mol. The third kappa shape index (κ3) is 4.94. The summed E-state index contributed by atoms with van der Waals surface area (Å²) < 4.78 is 0.159. The Hall–Kier alpha value is -2.23. The summed E-state index contributed by atoms with van der Waals surface area (Å²) in [6.45, 7) is 3.39. The molecule has 142 valence electrons. The molecule has 0 bridgehead atoms. The van der Waals surface area contributed by atoms with E-state index >= 15 is 0 Å². The van der Waals surface area contributed by atoms with Crippen LogP contribution in [-0.4, -0.2) is 37.2 Å². The molecule has 1 aromatic rings. The van der Waals surface area contributed by atoms with Gasteiger partial charge < -0.3 is 5.11 Å². The van der Waals surface area contributed by atoms with Crippen molar-refractivity contribution in [3.63, 3.8) is 0 Å². The Morgan fingerprint density at radius 3 is 2.44 bits per heavy atom. The number of aliphatic carboxylic acids is 1. The van der Waals surface area contributed by atoms with Gasteiger partial charge >= 0.3 is 5.97 Å². The number of hydrogen-bond acceptors (Lipinski definition) is 6. The van der Waals surface area contributed by atoms with Gasteiger partial charge in [0.1, 0.15) is 10.4 Å². The number of nitro groups is 1. The van der Waals surface area contributed by atoms with Gasteiger partial charge in [-0.2, -0.15) is 0 Å². The van der Waals surface area contributed by atoms with Crippen LogP contribution < -0.4 is 0 Å². The van der Waals surface area contributed by atoms with Crippen molar-refractivity contribution in [2.24, 2.45) is 5.92 Å². The summed E-state index contributed by atoms with van der Waals surface area (Å²) in [5.74, 6) is -1.97. The Morgan fingerprint density at radius 2 is 1.96 bits per heavy atom. The van der Waals surface area contributed by atoms with E-state index in [1.807, 2.05) is 0 Å². The predicted octanol–water partition coefficient (Wildman–Crippen LogP) is 4.03. The minimum atomic E-state index is -1.13. The second-order valence-corrected chi connectivity index (χ2v) is 8.07. The first kappa shape index (κ1) is 21.1. The SMILES string of the molecule is CC(C)[C@H](C(=O)O)N1C(=O)/C(=C/C(Cl)=C\c2ccc([N+](=O)[O-])cc2)SC1=S. The van der Waals surface area contributed by atoms with Gasteiger partial charge in [-0.1, -0.05) is 49.4 Å². The Morgan fingerprint density at radius 1 is 1.37 bits per heavy atom. The summed E-state index contributed by atoms with van der Waals surface area (Å²) in [4.78, 5) is 35.6. The van der Waals surface area contributed by atoms with Crippen LogP contribution in [0.25, 0.3) is 6.08 Å². The number of non-ortho nitro benzene ring substituents is 1. The maximum atomic E-state index is 12.6. The molecule has 1 fully saturated rings. The van der Waals surface area contributed by atoms with Gasteiger partial charge in [0.2, 0.25) is 0 Å². The fourth-order valence-electron chi connectivity index (χ4n) is 2.43. The van der Waals surface area contributed by atoms with E-state index < -0.39 is 22.8 Å². The molecule has 27 heavy (non-hydrogen) atoms. The Bertz CT molecular complexity index is 865. The van der Waals surface area contributed by atoms with Crippen LogP contribution in [0.2, 0.25) is 0 Å². The number of thioether (sulfide) groups is 1. The number of allylic oxidation sites excluding steroid dienone is 2. The summed E-state index contributed by atoms with van der Waals surface area (Å²) in [5.41, 5.74) is 0.570. The molecule has 1 atom stereocenters. The fourth-order valence-corrected chi connectivity index (χ4v) is 4.05. The molecule has 1 aliphatic rings. The zero-order valence-electron chi connectivity index (χ0n) is 14.3. The third-order valence-electron chi connectivity index (χ3n) is 3.66. The van der Waals surface area contributed by atoms with Crippen molar-refractivity contribution in [3.8, 4) is 0 Å². The maximum Gasteiger partial charge on any atom is 0.327 e. The van der Waals surface area contributed by atoms with Gasteiger partial charge in [0, 0.05) is 17.2 Å².